The number of nitrogens with zero attached hydrogens (tertiary/aromatic N) is 1. The minimum Gasteiger partial charge on any atom is -0.469 e. The molecule has 0 amide bonds. The van der Waals surface area contributed by atoms with Crippen LogP contribution >= 0.6 is 0 Å². The van der Waals surface area contributed by atoms with Gasteiger partial charge in [0.25, 0.3) is 0 Å². The van der Waals surface area contributed by atoms with E-state index in [0.29, 0.717) is 18.5 Å². The maximum absolute atomic E-state index is 5.82. The van der Waals surface area contributed by atoms with E-state index in [1.807, 2.05) is 12.1 Å². The van der Waals surface area contributed by atoms with Crippen LogP contribution in [0.2, 0.25) is 0 Å². The summed E-state index contributed by atoms with van der Waals surface area (Å²) in [5, 5.41) is 0. The first-order valence-electron chi connectivity index (χ1n) is 5.26. The predicted octanol–water partition coefficient (Wildman–Crippen LogP) is 1.42. The van der Waals surface area contributed by atoms with E-state index < -0.39 is 0 Å². The molecule has 0 radical (unpaired) electrons. The van der Waals surface area contributed by atoms with Crippen LogP contribution in [-0.4, -0.2) is 31.1 Å². The van der Waals surface area contributed by atoms with Gasteiger partial charge < -0.3 is 15.1 Å². The minimum atomic E-state index is 0.359. The molecule has 2 unspecified atom stereocenters. The highest BCUT2D eigenvalue weighted by atomic mass is 16.3. The molecule has 2 rings (SSSR count). The monoisotopic (exact) mass is 194 g/mol. The van der Waals surface area contributed by atoms with Crippen molar-refractivity contribution in [2.75, 3.05) is 20.1 Å². The summed E-state index contributed by atoms with van der Waals surface area (Å²) in [6.07, 6.45) is 4.24. The third-order valence-electron chi connectivity index (χ3n) is 3.20. The first-order chi connectivity index (χ1) is 6.83. The third-order valence-corrected chi connectivity index (χ3v) is 3.20. The van der Waals surface area contributed by atoms with Gasteiger partial charge in [-0.05, 0) is 38.6 Å². The molecule has 0 aliphatic carbocycles. The molecule has 78 valence electrons. The molecule has 0 spiro atoms. The average molecular weight is 194 g/mol. The molecular weight excluding hydrogens is 176 g/mol. The van der Waals surface area contributed by atoms with Crippen LogP contribution in [0.25, 0.3) is 0 Å². The third kappa shape index (κ3) is 1.70. The van der Waals surface area contributed by atoms with Gasteiger partial charge in [0.1, 0.15) is 5.76 Å². The van der Waals surface area contributed by atoms with Crippen molar-refractivity contribution in [1.82, 2.24) is 4.90 Å². The van der Waals surface area contributed by atoms with Crippen LogP contribution in [0.3, 0.4) is 0 Å². The van der Waals surface area contributed by atoms with E-state index in [1.54, 1.807) is 6.26 Å². The Balaban J connectivity index is 2.13. The SMILES string of the molecule is CN1CCCC1C(CN)c1ccco1. The molecular formula is C11H18N2O. The number of rotatable bonds is 3. The largest absolute Gasteiger partial charge is 0.469 e. The maximum atomic E-state index is 5.82. The number of furan rings is 1. The first kappa shape index (κ1) is 9.74. The zero-order valence-corrected chi connectivity index (χ0v) is 8.65. The van der Waals surface area contributed by atoms with E-state index in [9.17, 15) is 0 Å². The molecule has 1 aromatic rings. The van der Waals surface area contributed by atoms with Crippen molar-refractivity contribution in [1.29, 1.82) is 0 Å². The molecule has 1 fully saturated rings. The molecule has 1 aliphatic heterocycles. The van der Waals surface area contributed by atoms with Gasteiger partial charge in [-0.15, -0.1) is 0 Å². The van der Waals surface area contributed by atoms with Crippen molar-refractivity contribution in [2.45, 2.75) is 24.8 Å². The fourth-order valence-electron chi connectivity index (χ4n) is 2.41. The van der Waals surface area contributed by atoms with Crippen molar-refractivity contribution in [3.05, 3.63) is 24.2 Å². The Morgan fingerprint density at radius 2 is 2.57 bits per heavy atom. The Morgan fingerprint density at radius 1 is 1.71 bits per heavy atom. The molecule has 14 heavy (non-hydrogen) atoms. The molecule has 3 nitrogen and oxygen atoms in total. The topological polar surface area (TPSA) is 42.4 Å². The second-order valence-corrected chi connectivity index (χ2v) is 4.05. The molecule has 2 atom stereocenters. The van der Waals surface area contributed by atoms with Gasteiger partial charge in [0.05, 0.1) is 6.26 Å². The van der Waals surface area contributed by atoms with Crippen molar-refractivity contribution in [2.24, 2.45) is 5.73 Å². The zero-order valence-electron chi connectivity index (χ0n) is 8.65. The van der Waals surface area contributed by atoms with Crippen LogP contribution in [0.1, 0.15) is 24.5 Å². The van der Waals surface area contributed by atoms with Crippen LogP contribution < -0.4 is 5.73 Å². The van der Waals surface area contributed by atoms with Crippen LogP contribution in [-0.2, 0) is 0 Å². The number of hydrogen-bond donors (Lipinski definition) is 1. The number of likely N-dealkylation sites (tertiary alicyclic amines) is 1. The lowest BCUT2D eigenvalue weighted by molar-refractivity contribution is 0.254. The molecule has 0 bridgehead atoms. The van der Waals surface area contributed by atoms with Gasteiger partial charge in [0.15, 0.2) is 0 Å². The summed E-state index contributed by atoms with van der Waals surface area (Å²) in [6.45, 7) is 1.85. The smallest absolute Gasteiger partial charge is 0.109 e. The standard InChI is InChI=1S/C11H18N2O/c1-13-6-2-4-10(13)9(8-12)11-5-3-7-14-11/h3,5,7,9-10H,2,4,6,8,12H2,1H3. The number of hydrogen-bond acceptors (Lipinski definition) is 3. The van der Waals surface area contributed by atoms with Gasteiger partial charge in [-0.25, -0.2) is 0 Å². The molecule has 2 heterocycles. The number of nitrogens with two attached hydrogens (primary N) is 1. The summed E-state index contributed by atoms with van der Waals surface area (Å²) < 4.78 is 5.44. The molecule has 0 saturated carbocycles. The summed E-state index contributed by atoms with van der Waals surface area (Å²) in [4.78, 5) is 2.39. The van der Waals surface area contributed by atoms with Crippen molar-refractivity contribution < 1.29 is 4.42 Å². The van der Waals surface area contributed by atoms with Gasteiger partial charge in [-0.2, -0.15) is 0 Å². The summed E-state index contributed by atoms with van der Waals surface area (Å²) in [5.74, 6) is 1.39. The Hall–Kier alpha value is -0.800. The van der Waals surface area contributed by atoms with Crippen LogP contribution in [0.5, 0.6) is 0 Å². The Morgan fingerprint density at radius 3 is 3.07 bits per heavy atom. The van der Waals surface area contributed by atoms with E-state index in [1.165, 1.54) is 19.4 Å². The molecule has 1 aliphatic rings. The van der Waals surface area contributed by atoms with Crippen LogP contribution in [0.15, 0.2) is 22.8 Å². The van der Waals surface area contributed by atoms with Gasteiger partial charge >= 0.3 is 0 Å². The normalized spacial score (nSPS) is 25.4. The Kier molecular flexibility index (Phi) is 2.89. The molecule has 1 aromatic heterocycles. The molecule has 1 saturated heterocycles. The van der Waals surface area contributed by atoms with Crippen LogP contribution in [0.4, 0.5) is 0 Å². The van der Waals surface area contributed by atoms with Gasteiger partial charge in [-0.3, -0.25) is 0 Å². The molecule has 0 aromatic carbocycles. The average Bonchev–Trinajstić information content (AvgIpc) is 2.80. The minimum absolute atomic E-state index is 0.359. The van der Waals surface area contributed by atoms with E-state index in [0.717, 1.165) is 5.76 Å². The highest BCUT2D eigenvalue weighted by molar-refractivity contribution is 5.10. The fraction of sp³-hybridized carbons (Fsp3) is 0.636. The second kappa shape index (κ2) is 4.15. The van der Waals surface area contributed by atoms with Gasteiger partial charge in [-0.1, -0.05) is 0 Å². The van der Waals surface area contributed by atoms with Crippen molar-refractivity contribution in [3.63, 3.8) is 0 Å². The summed E-state index contributed by atoms with van der Waals surface area (Å²) in [7, 11) is 2.17. The first-order valence-corrected chi connectivity index (χ1v) is 5.26. The quantitative estimate of drug-likeness (QED) is 0.791. The Labute approximate surface area is 84.9 Å². The van der Waals surface area contributed by atoms with E-state index in [4.69, 9.17) is 10.2 Å². The maximum Gasteiger partial charge on any atom is 0.109 e. The number of likely N-dealkylation sites (N-methyl/N-ethyl adjacent to an activating group) is 1. The van der Waals surface area contributed by atoms with Crippen molar-refractivity contribution in [3.8, 4) is 0 Å². The highest BCUT2D eigenvalue weighted by Crippen LogP contribution is 2.29. The lowest BCUT2D eigenvalue weighted by atomic mass is 9.95. The van der Waals surface area contributed by atoms with Gasteiger partial charge in [0.2, 0.25) is 0 Å². The summed E-state index contributed by atoms with van der Waals surface area (Å²) in [6, 6.07) is 4.53. The summed E-state index contributed by atoms with van der Waals surface area (Å²) >= 11 is 0. The highest BCUT2D eigenvalue weighted by Gasteiger charge is 2.30. The summed E-state index contributed by atoms with van der Waals surface area (Å²) in [5.41, 5.74) is 5.82. The van der Waals surface area contributed by atoms with E-state index in [-0.39, 0.29) is 0 Å². The van der Waals surface area contributed by atoms with Crippen LogP contribution in [0, 0.1) is 0 Å². The van der Waals surface area contributed by atoms with E-state index in [2.05, 4.69) is 11.9 Å². The molecule has 3 heteroatoms. The lowest BCUT2D eigenvalue weighted by Gasteiger charge is -2.26. The predicted molar refractivity (Wildman–Crippen MR) is 56.2 cm³/mol. The Bertz CT molecular complexity index is 271. The van der Waals surface area contributed by atoms with E-state index >= 15 is 0 Å². The molecule has 2 N–H and O–H groups in total. The fourth-order valence-corrected chi connectivity index (χ4v) is 2.41. The lowest BCUT2D eigenvalue weighted by Crippen LogP contribution is -2.34. The zero-order chi connectivity index (χ0) is 9.97. The van der Waals surface area contributed by atoms with Gasteiger partial charge in [0, 0.05) is 18.5 Å². The second-order valence-electron chi connectivity index (χ2n) is 4.05. The van der Waals surface area contributed by atoms with Crippen molar-refractivity contribution >= 4 is 0 Å².